The molecule has 1 aliphatic rings. The Bertz CT molecular complexity index is 929. The molecule has 0 bridgehead atoms. The zero-order valence-electron chi connectivity index (χ0n) is 14.2. The number of amides is 2. The first-order chi connectivity index (χ1) is 12.6. The predicted molar refractivity (Wildman–Crippen MR) is 103 cm³/mol. The maximum atomic E-state index is 12.7. The molecule has 1 aliphatic heterocycles. The van der Waals surface area contributed by atoms with Crippen molar-refractivity contribution < 1.29 is 9.59 Å². The fourth-order valence-electron chi connectivity index (χ4n) is 3.19. The van der Waals surface area contributed by atoms with Crippen molar-refractivity contribution in [1.29, 1.82) is 0 Å². The molecule has 0 spiro atoms. The van der Waals surface area contributed by atoms with Crippen molar-refractivity contribution in [2.45, 2.75) is 25.9 Å². The molecule has 0 saturated carbocycles. The molecule has 0 fully saturated rings. The Balaban J connectivity index is 1.40. The molecule has 4 heterocycles. The van der Waals surface area contributed by atoms with Gasteiger partial charge < -0.3 is 9.47 Å². The summed E-state index contributed by atoms with van der Waals surface area (Å²) in [6.45, 7) is 3.57. The van der Waals surface area contributed by atoms with Crippen LogP contribution < -0.4 is 5.32 Å². The number of thiophene rings is 1. The Morgan fingerprint density at radius 2 is 2.15 bits per heavy atom. The smallest absolute Gasteiger partial charge is 0.267 e. The number of hydrogen-bond acceptors (Lipinski definition) is 5. The van der Waals surface area contributed by atoms with Gasteiger partial charge in [-0.25, -0.2) is 4.98 Å². The molecule has 2 amide bonds. The lowest BCUT2D eigenvalue weighted by molar-refractivity contribution is -0.133. The van der Waals surface area contributed by atoms with Crippen LogP contribution in [0, 0.1) is 0 Å². The van der Waals surface area contributed by atoms with Crippen LogP contribution >= 0.6 is 22.7 Å². The van der Waals surface area contributed by atoms with Crippen LogP contribution in [0.5, 0.6) is 0 Å². The number of carbonyl (C=O) groups is 2. The Morgan fingerprint density at radius 1 is 1.27 bits per heavy atom. The van der Waals surface area contributed by atoms with E-state index in [1.807, 2.05) is 27.8 Å². The standard InChI is InChI=1S/C18H18N4O2S2/c1-12-14-4-2-6-21(14)7-8-22(12)16(23)10-13-11-26-18(19-13)20-17(24)15-5-3-9-25-15/h2-6,9,11-12H,7-8,10H2,1H3,(H,19,20,24). The third kappa shape index (κ3) is 3.30. The maximum Gasteiger partial charge on any atom is 0.267 e. The van der Waals surface area contributed by atoms with Gasteiger partial charge in [-0.15, -0.1) is 22.7 Å². The van der Waals surface area contributed by atoms with Crippen molar-refractivity contribution in [3.05, 3.63) is 57.5 Å². The number of hydrogen-bond donors (Lipinski definition) is 1. The number of fused-ring (bicyclic) bond motifs is 1. The van der Waals surface area contributed by atoms with E-state index in [2.05, 4.69) is 34.1 Å². The summed E-state index contributed by atoms with van der Waals surface area (Å²) in [4.78, 5) is 31.7. The second kappa shape index (κ2) is 7.05. The van der Waals surface area contributed by atoms with E-state index in [1.165, 1.54) is 22.7 Å². The Morgan fingerprint density at radius 3 is 2.96 bits per heavy atom. The lowest BCUT2D eigenvalue weighted by Crippen LogP contribution is -2.41. The van der Waals surface area contributed by atoms with E-state index in [1.54, 1.807) is 6.07 Å². The first kappa shape index (κ1) is 17.0. The molecule has 8 heteroatoms. The molecule has 0 saturated heterocycles. The quantitative estimate of drug-likeness (QED) is 0.747. The van der Waals surface area contributed by atoms with Crippen molar-refractivity contribution >= 4 is 39.6 Å². The Hall–Kier alpha value is -2.45. The van der Waals surface area contributed by atoms with E-state index in [-0.39, 0.29) is 24.3 Å². The van der Waals surface area contributed by atoms with Gasteiger partial charge in [-0.1, -0.05) is 6.07 Å². The molecule has 0 aliphatic carbocycles. The molecule has 1 unspecified atom stereocenters. The lowest BCUT2D eigenvalue weighted by atomic mass is 10.1. The average molecular weight is 387 g/mol. The summed E-state index contributed by atoms with van der Waals surface area (Å²) in [5, 5.41) is 7.00. The van der Waals surface area contributed by atoms with E-state index >= 15 is 0 Å². The highest BCUT2D eigenvalue weighted by molar-refractivity contribution is 7.14. The van der Waals surface area contributed by atoms with Crippen LogP contribution in [0.2, 0.25) is 0 Å². The summed E-state index contributed by atoms with van der Waals surface area (Å²) in [7, 11) is 0. The monoisotopic (exact) mass is 386 g/mol. The van der Waals surface area contributed by atoms with E-state index < -0.39 is 0 Å². The Labute approximate surface area is 159 Å². The van der Waals surface area contributed by atoms with Crippen LogP contribution in [0.15, 0.2) is 41.2 Å². The molecule has 6 nitrogen and oxygen atoms in total. The molecule has 1 N–H and O–H groups in total. The van der Waals surface area contributed by atoms with Crippen molar-refractivity contribution in [2.75, 3.05) is 11.9 Å². The van der Waals surface area contributed by atoms with Crippen LogP contribution in [-0.4, -0.2) is 32.8 Å². The SMILES string of the molecule is CC1c2cccn2CCN1C(=O)Cc1csc(NC(=O)c2cccs2)n1. The minimum atomic E-state index is -0.169. The molecule has 1 atom stereocenters. The van der Waals surface area contributed by atoms with Crippen LogP contribution in [0.25, 0.3) is 0 Å². The zero-order chi connectivity index (χ0) is 18.1. The second-order valence-corrected chi connectivity index (χ2v) is 7.95. The molecular weight excluding hydrogens is 368 g/mol. The largest absolute Gasteiger partial charge is 0.348 e. The zero-order valence-corrected chi connectivity index (χ0v) is 15.8. The predicted octanol–water partition coefficient (Wildman–Crippen LogP) is 3.40. The molecule has 26 heavy (non-hydrogen) atoms. The van der Waals surface area contributed by atoms with Crippen LogP contribution in [-0.2, 0) is 17.8 Å². The summed E-state index contributed by atoms with van der Waals surface area (Å²) in [6.07, 6.45) is 2.30. The van der Waals surface area contributed by atoms with Gasteiger partial charge in [0.1, 0.15) is 0 Å². The van der Waals surface area contributed by atoms with Gasteiger partial charge >= 0.3 is 0 Å². The van der Waals surface area contributed by atoms with Crippen LogP contribution in [0.3, 0.4) is 0 Å². The highest BCUT2D eigenvalue weighted by Crippen LogP contribution is 2.26. The second-order valence-electron chi connectivity index (χ2n) is 6.14. The van der Waals surface area contributed by atoms with Gasteiger partial charge in [0.05, 0.1) is 23.0 Å². The van der Waals surface area contributed by atoms with E-state index in [4.69, 9.17) is 0 Å². The van der Waals surface area contributed by atoms with Crippen LogP contribution in [0.1, 0.15) is 34.0 Å². The summed E-state index contributed by atoms with van der Waals surface area (Å²) >= 11 is 2.73. The normalized spacial score (nSPS) is 16.3. The molecule has 3 aromatic heterocycles. The van der Waals surface area contributed by atoms with Gasteiger partial charge in [0.2, 0.25) is 5.91 Å². The van der Waals surface area contributed by atoms with Crippen molar-refractivity contribution in [3.63, 3.8) is 0 Å². The summed E-state index contributed by atoms with van der Waals surface area (Å²) in [5.74, 6) is -0.107. The molecule has 3 aromatic rings. The first-order valence-corrected chi connectivity index (χ1v) is 10.1. The van der Waals surface area contributed by atoms with Gasteiger partial charge in [-0.05, 0) is 30.5 Å². The van der Waals surface area contributed by atoms with E-state index in [9.17, 15) is 9.59 Å². The summed E-state index contributed by atoms with van der Waals surface area (Å²) in [5.41, 5.74) is 1.85. The average Bonchev–Trinajstić information content (AvgIpc) is 3.37. The van der Waals surface area contributed by atoms with Gasteiger partial charge in [0, 0.05) is 30.4 Å². The molecular formula is C18H18N4O2S2. The number of aromatic nitrogens is 2. The number of carbonyl (C=O) groups excluding carboxylic acids is 2. The topological polar surface area (TPSA) is 67.2 Å². The summed E-state index contributed by atoms with van der Waals surface area (Å²) < 4.78 is 2.19. The highest BCUT2D eigenvalue weighted by atomic mass is 32.1. The van der Waals surface area contributed by atoms with Crippen molar-refractivity contribution in [3.8, 4) is 0 Å². The Kier molecular flexibility index (Phi) is 4.60. The fraction of sp³-hybridized carbons (Fsp3) is 0.278. The maximum absolute atomic E-state index is 12.7. The van der Waals surface area contributed by atoms with Crippen molar-refractivity contribution in [2.24, 2.45) is 0 Å². The fourth-order valence-corrected chi connectivity index (χ4v) is 4.51. The number of nitrogens with one attached hydrogen (secondary N) is 1. The number of anilines is 1. The van der Waals surface area contributed by atoms with Gasteiger partial charge in [-0.2, -0.15) is 0 Å². The first-order valence-electron chi connectivity index (χ1n) is 8.35. The number of rotatable bonds is 4. The molecule has 134 valence electrons. The van der Waals surface area contributed by atoms with E-state index in [0.29, 0.717) is 22.2 Å². The lowest BCUT2D eigenvalue weighted by Gasteiger charge is -2.34. The molecule has 0 aromatic carbocycles. The van der Waals surface area contributed by atoms with Gasteiger partial charge in [0.15, 0.2) is 5.13 Å². The molecule has 4 rings (SSSR count). The highest BCUT2D eigenvalue weighted by Gasteiger charge is 2.27. The summed E-state index contributed by atoms with van der Waals surface area (Å²) in [6, 6.07) is 7.74. The number of nitrogens with zero attached hydrogens (tertiary/aromatic N) is 3. The number of thiazole rings is 1. The van der Waals surface area contributed by atoms with E-state index in [0.717, 1.165) is 12.2 Å². The van der Waals surface area contributed by atoms with Crippen LogP contribution in [0.4, 0.5) is 5.13 Å². The van der Waals surface area contributed by atoms with Gasteiger partial charge in [-0.3, -0.25) is 14.9 Å². The minimum Gasteiger partial charge on any atom is -0.348 e. The van der Waals surface area contributed by atoms with Crippen molar-refractivity contribution in [1.82, 2.24) is 14.5 Å². The van der Waals surface area contributed by atoms with Gasteiger partial charge in [0.25, 0.3) is 5.91 Å². The minimum absolute atomic E-state index is 0.0582. The molecule has 0 radical (unpaired) electrons. The third-order valence-corrected chi connectivity index (χ3v) is 6.19. The third-order valence-electron chi connectivity index (χ3n) is 4.51.